The summed E-state index contributed by atoms with van der Waals surface area (Å²) < 4.78 is 11.3. The fraction of sp³-hybridized carbons (Fsp3) is 0.278. The summed E-state index contributed by atoms with van der Waals surface area (Å²) in [6.07, 6.45) is 0.670. The van der Waals surface area contributed by atoms with E-state index in [-0.39, 0.29) is 17.8 Å². The third-order valence-electron chi connectivity index (χ3n) is 4.74. The highest BCUT2D eigenvalue weighted by Gasteiger charge is 2.64. The molecule has 1 aliphatic carbocycles. The lowest BCUT2D eigenvalue weighted by atomic mass is 9.57. The van der Waals surface area contributed by atoms with E-state index in [4.69, 9.17) is 9.47 Å². The van der Waals surface area contributed by atoms with Crippen LogP contribution in [0.4, 0.5) is 0 Å². The smallest absolute Gasteiger partial charge is 0.309 e. The van der Waals surface area contributed by atoms with Crippen molar-refractivity contribution in [2.24, 2.45) is 5.92 Å². The van der Waals surface area contributed by atoms with E-state index in [0.29, 0.717) is 6.42 Å². The molecule has 1 saturated carbocycles. The third kappa shape index (κ3) is 1.57. The number of esters is 1. The van der Waals surface area contributed by atoms with E-state index in [1.807, 2.05) is 36.4 Å². The first-order valence-corrected chi connectivity index (χ1v) is 7.17. The van der Waals surface area contributed by atoms with Crippen molar-refractivity contribution < 1.29 is 14.3 Å². The van der Waals surface area contributed by atoms with Crippen molar-refractivity contribution in [1.82, 2.24) is 0 Å². The van der Waals surface area contributed by atoms with Gasteiger partial charge in [-0.1, -0.05) is 48.5 Å². The van der Waals surface area contributed by atoms with E-state index in [1.54, 1.807) is 0 Å². The fourth-order valence-corrected chi connectivity index (χ4v) is 3.78. The molecule has 2 aliphatic rings. The normalized spacial score (nSPS) is 28.8. The molecule has 3 nitrogen and oxygen atoms in total. The van der Waals surface area contributed by atoms with Crippen LogP contribution >= 0.6 is 0 Å². The average molecular weight is 280 g/mol. The zero-order valence-electron chi connectivity index (χ0n) is 11.8. The number of carbonyl (C=O) groups is 1. The lowest BCUT2D eigenvalue weighted by Gasteiger charge is -2.48. The quantitative estimate of drug-likeness (QED) is 0.792. The van der Waals surface area contributed by atoms with Crippen molar-refractivity contribution >= 4 is 5.97 Å². The molecule has 4 rings (SSSR count). The number of para-hydroxylation sites is 1. The lowest BCUT2D eigenvalue weighted by Crippen LogP contribution is -2.53. The van der Waals surface area contributed by atoms with Crippen LogP contribution < -0.4 is 4.74 Å². The largest absolute Gasteiger partial charge is 0.482 e. The van der Waals surface area contributed by atoms with Gasteiger partial charge >= 0.3 is 5.97 Å². The van der Waals surface area contributed by atoms with Crippen LogP contribution in [0.25, 0.3) is 0 Å². The minimum atomic E-state index is -0.413. The molecule has 0 bridgehead atoms. The van der Waals surface area contributed by atoms with E-state index in [0.717, 1.165) is 16.9 Å². The average Bonchev–Trinajstić information content (AvgIpc) is 2.77. The maximum atomic E-state index is 12.0. The Morgan fingerprint density at radius 3 is 2.62 bits per heavy atom. The Kier molecular flexibility index (Phi) is 2.58. The number of hydrogen-bond donors (Lipinski definition) is 0. The number of rotatable bonds is 2. The van der Waals surface area contributed by atoms with Gasteiger partial charge in [-0.05, 0) is 11.6 Å². The van der Waals surface area contributed by atoms with Crippen molar-refractivity contribution in [2.75, 3.05) is 7.11 Å². The summed E-state index contributed by atoms with van der Waals surface area (Å²) in [7, 11) is 1.45. The molecule has 0 saturated heterocycles. The summed E-state index contributed by atoms with van der Waals surface area (Å²) in [5.41, 5.74) is 1.83. The monoisotopic (exact) mass is 280 g/mol. The number of fused-ring (bicyclic) bond motifs is 3. The molecule has 1 aliphatic heterocycles. The van der Waals surface area contributed by atoms with Gasteiger partial charge in [0.25, 0.3) is 0 Å². The molecule has 3 atom stereocenters. The summed E-state index contributed by atoms with van der Waals surface area (Å²) >= 11 is 0. The minimum Gasteiger partial charge on any atom is -0.482 e. The number of benzene rings is 2. The van der Waals surface area contributed by atoms with E-state index in [1.165, 1.54) is 7.11 Å². The molecule has 1 fully saturated rings. The van der Waals surface area contributed by atoms with Gasteiger partial charge in [-0.15, -0.1) is 0 Å². The van der Waals surface area contributed by atoms with E-state index in [9.17, 15) is 4.79 Å². The molecule has 21 heavy (non-hydrogen) atoms. The Morgan fingerprint density at radius 2 is 1.86 bits per heavy atom. The number of methoxy groups -OCH3 is 1. The van der Waals surface area contributed by atoms with Gasteiger partial charge < -0.3 is 9.47 Å². The number of ether oxygens (including phenoxy) is 2. The van der Waals surface area contributed by atoms with Crippen molar-refractivity contribution in [2.45, 2.75) is 17.9 Å². The summed E-state index contributed by atoms with van der Waals surface area (Å²) in [5, 5.41) is 0. The first kappa shape index (κ1) is 12.5. The van der Waals surface area contributed by atoms with Crippen molar-refractivity contribution in [3.05, 3.63) is 65.7 Å². The molecule has 3 heteroatoms. The first-order valence-electron chi connectivity index (χ1n) is 7.17. The van der Waals surface area contributed by atoms with E-state index < -0.39 is 5.60 Å². The Bertz CT molecular complexity index is 695. The van der Waals surface area contributed by atoms with Crippen LogP contribution in [-0.4, -0.2) is 13.1 Å². The van der Waals surface area contributed by atoms with Crippen molar-refractivity contribution in [3.8, 4) is 5.75 Å². The van der Waals surface area contributed by atoms with Gasteiger partial charge in [-0.3, -0.25) is 4.79 Å². The summed E-state index contributed by atoms with van der Waals surface area (Å²) in [6.45, 7) is 0. The third-order valence-corrected chi connectivity index (χ3v) is 4.74. The summed E-state index contributed by atoms with van der Waals surface area (Å²) in [5.74, 6) is 0.659. The predicted octanol–water partition coefficient (Wildman–Crippen LogP) is 3.25. The standard InChI is InChI=1S/C18H16O3/c1-20-17(19)14-11-18(12-7-3-2-4-8-12)16(14)13-9-5-6-10-15(13)21-18/h2-10,14,16H,11H2,1H3/t14?,16?,18-/m1/s1. The van der Waals surface area contributed by atoms with Gasteiger partial charge in [0.1, 0.15) is 11.4 Å². The highest BCUT2D eigenvalue weighted by Crippen LogP contribution is 2.64. The molecule has 0 spiro atoms. The Morgan fingerprint density at radius 1 is 1.14 bits per heavy atom. The zero-order valence-corrected chi connectivity index (χ0v) is 11.8. The molecular weight excluding hydrogens is 264 g/mol. The van der Waals surface area contributed by atoms with Crippen LogP contribution in [0.15, 0.2) is 54.6 Å². The van der Waals surface area contributed by atoms with Crippen LogP contribution in [-0.2, 0) is 15.1 Å². The van der Waals surface area contributed by atoms with Crippen LogP contribution in [0, 0.1) is 5.92 Å². The van der Waals surface area contributed by atoms with Crippen LogP contribution in [0.2, 0.25) is 0 Å². The molecular formula is C18H16O3. The van der Waals surface area contributed by atoms with Gasteiger partial charge in [-0.2, -0.15) is 0 Å². The van der Waals surface area contributed by atoms with Gasteiger partial charge in [0.15, 0.2) is 0 Å². The molecule has 2 aromatic carbocycles. The highest BCUT2D eigenvalue weighted by atomic mass is 16.5. The van der Waals surface area contributed by atoms with Gasteiger partial charge in [0.05, 0.1) is 13.0 Å². The second-order valence-corrected chi connectivity index (χ2v) is 5.71. The second kappa shape index (κ2) is 4.35. The number of hydrogen-bond acceptors (Lipinski definition) is 3. The summed E-state index contributed by atoms with van der Waals surface area (Å²) in [4.78, 5) is 12.0. The Balaban J connectivity index is 1.82. The van der Waals surface area contributed by atoms with Gasteiger partial charge in [0.2, 0.25) is 0 Å². The lowest BCUT2D eigenvalue weighted by molar-refractivity contribution is -0.161. The Labute approximate surface area is 123 Å². The molecule has 0 N–H and O–H groups in total. The molecule has 2 aromatic rings. The topological polar surface area (TPSA) is 35.5 Å². The maximum Gasteiger partial charge on any atom is 0.309 e. The maximum absolute atomic E-state index is 12.0. The highest BCUT2D eigenvalue weighted by molar-refractivity contribution is 5.77. The van der Waals surface area contributed by atoms with Gasteiger partial charge in [0, 0.05) is 17.9 Å². The summed E-state index contributed by atoms with van der Waals surface area (Å²) in [6, 6.07) is 18.2. The molecule has 0 aromatic heterocycles. The zero-order chi connectivity index (χ0) is 14.4. The first-order chi connectivity index (χ1) is 10.3. The molecule has 0 radical (unpaired) electrons. The fourth-order valence-electron chi connectivity index (χ4n) is 3.78. The SMILES string of the molecule is COC(=O)C1C[C@]2(c3ccccc3)Oc3ccccc3C12. The predicted molar refractivity (Wildman–Crippen MR) is 78.1 cm³/mol. The van der Waals surface area contributed by atoms with E-state index in [2.05, 4.69) is 18.2 Å². The van der Waals surface area contributed by atoms with Crippen molar-refractivity contribution in [3.63, 3.8) is 0 Å². The second-order valence-electron chi connectivity index (χ2n) is 5.71. The Hall–Kier alpha value is -2.29. The van der Waals surface area contributed by atoms with Crippen LogP contribution in [0.1, 0.15) is 23.5 Å². The number of carbonyl (C=O) groups excluding carboxylic acids is 1. The van der Waals surface area contributed by atoms with Crippen molar-refractivity contribution in [1.29, 1.82) is 0 Å². The van der Waals surface area contributed by atoms with E-state index >= 15 is 0 Å². The molecule has 1 heterocycles. The van der Waals surface area contributed by atoms with Crippen LogP contribution in [0.5, 0.6) is 5.75 Å². The van der Waals surface area contributed by atoms with Crippen LogP contribution in [0.3, 0.4) is 0 Å². The molecule has 0 amide bonds. The molecule has 2 unspecified atom stereocenters. The molecule has 106 valence electrons. The van der Waals surface area contributed by atoms with Gasteiger partial charge in [-0.25, -0.2) is 0 Å². The minimum absolute atomic E-state index is 0.0450.